The molecule has 4 aromatic rings. The summed E-state index contributed by atoms with van der Waals surface area (Å²) in [5.74, 6) is -1.10. The summed E-state index contributed by atoms with van der Waals surface area (Å²) in [6.45, 7) is 4.12. The highest BCUT2D eigenvalue weighted by molar-refractivity contribution is 7.89. The van der Waals surface area contributed by atoms with Gasteiger partial charge in [-0.2, -0.15) is 10.2 Å². The van der Waals surface area contributed by atoms with E-state index in [1.54, 1.807) is 12.3 Å². The van der Waals surface area contributed by atoms with Crippen LogP contribution in [0.4, 0.5) is 8.78 Å². The lowest BCUT2D eigenvalue weighted by Gasteiger charge is -2.39. The number of benzene rings is 1. The zero-order valence-corrected chi connectivity index (χ0v) is 22.1. The van der Waals surface area contributed by atoms with Crippen molar-refractivity contribution in [1.82, 2.24) is 34.9 Å². The van der Waals surface area contributed by atoms with Crippen LogP contribution in [0.15, 0.2) is 42.9 Å². The van der Waals surface area contributed by atoms with Crippen molar-refractivity contribution in [1.29, 1.82) is 0 Å². The lowest BCUT2D eigenvalue weighted by Crippen LogP contribution is -2.36. The fourth-order valence-electron chi connectivity index (χ4n) is 5.33. The highest BCUT2D eigenvalue weighted by atomic mass is 32.2. The van der Waals surface area contributed by atoms with Gasteiger partial charge in [0.1, 0.15) is 23.8 Å². The zero-order valence-electron chi connectivity index (χ0n) is 21.3. The maximum Gasteiger partial charge on any atom is 0.197 e. The summed E-state index contributed by atoms with van der Waals surface area (Å²) in [6, 6.07) is 7.30. The average Bonchev–Trinajstić information content (AvgIpc) is 3.34. The molecule has 3 aromatic heterocycles. The molecule has 0 amide bonds. The maximum absolute atomic E-state index is 14.6. The SMILES string of the molecule is CC[C@H]1CC[C@](CC)(c2ccnc(-c3ncnn3CS(C)(=O)=O)n2)c2nnc(-c3c(F)cccc3F)cc21. The van der Waals surface area contributed by atoms with E-state index in [0.29, 0.717) is 12.1 Å². The van der Waals surface area contributed by atoms with Crippen LogP contribution in [0.3, 0.4) is 0 Å². The van der Waals surface area contributed by atoms with E-state index in [0.717, 1.165) is 36.8 Å². The van der Waals surface area contributed by atoms with Gasteiger partial charge in [0, 0.05) is 12.5 Å². The standard InChI is InChI=1S/C26H27F2N7O2S/c1-4-16-9-11-26(5-2,23-17(16)13-20(33-34-23)22-18(27)7-6-8-19(22)28)21-10-12-29-24(32-21)25-30-14-31-35(25)15-38(3,36)37/h6-8,10,12-14,16H,4-5,9,11,15H2,1-3H3/t16-,26+/m0/s1. The molecule has 1 aliphatic carbocycles. The van der Waals surface area contributed by atoms with Gasteiger partial charge in [0.2, 0.25) is 0 Å². The third kappa shape index (κ3) is 4.57. The molecule has 3 heterocycles. The molecular formula is C26H27F2N7O2S. The van der Waals surface area contributed by atoms with Gasteiger partial charge in [-0.15, -0.1) is 5.10 Å². The second kappa shape index (κ2) is 9.90. The Morgan fingerprint density at radius 3 is 2.55 bits per heavy atom. The first-order valence-corrected chi connectivity index (χ1v) is 14.4. The van der Waals surface area contributed by atoms with Crippen LogP contribution in [-0.2, 0) is 21.1 Å². The molecule has 2 atom stereocenters. The second-order valence-electron chi connectivity index (χ2n) is 9.61. The van der Waals surface area contributed by atoms with Crippen LogP contribution in [0.25, 0.3) is 22.9 Å². The van der Waals surface area contributed by atoms with Crippen LogP contribution in [-0.4, -0.2) is 49.6 Å². The molecule has 0 fully saturated rings. The molecule has 198 valence electrons. The molecule has 0 radical (unpaired) electrons. The van der Waals surface area contributed by atoms with E-state index in [1.165, 1.54) is 29.2 Å². The summed E-state index contributed by atoms with van der Waals surface area (Å²) in [4.78, 5) is 13.4. The smallest absolute Gasteiger partial charge is 0.197 e. The molecule has 0 N–H and O–H groups in total. The van der Waals surface area contributed by atoms with Crippen LogP contribution in [0.2, 0.25) is 0 Å². The third-order valence-corrected chi connectivity index (χ3v) is 7.98. The first kappa shape index (κ1) is 26.0. The van der Waals surface area contributed by atoms with Gasteiger partial charge >= 0.3 is 0 Å². The molecule has 0 saturated carbocycles. The van der Waals surface area contributed by atoms with E-state index in [1.807, 2.05) is 13.0 Å². The Morgan fingerprint density at radius 1 is 1.11 bits per heavy atom. The van der Waals surface area contributed by atoms with Gasteiger partial charge in [-0.3, -0.25) is 0 Å². The van der Waals surface area contributed by atoms with E-state index < -0.39 is 26.9 Å². The van der Waals surface area contributed by atoms with E-state index in [4.69, 9.17) is 4.98 Å². The van der Waals surface area contributed by atoms with E-state index >= 15 is 0 Å². The minimum Gasteiger partial charge on any atom is -0.234 e. The third-order valence-electron chi connectivity index (χ3n) is 7.27. The van der Waals surface area contributed by atoms with E-state index in [-0.39, 0.29) is 34.7 Å². The summed E-state index contributed by atoms with van der Waals surface area (Å²) in [5, 5.41) is 12.9. The van der Waals surface area contributed by atoms with Crippen molar-refractivity contribution < 1.29 is 17.2 Å². The van der Waals surface area contributed by atoms with Crippen LogP contribution in [0.1, 0.15) is 62.4 Å². The quantitative estimate of drug-likeness (QED) is 0.338. The molecule has 0 bridgehead atoms. The fraction of sp³-hybridized carbons (Fsp3) is 0.385. The normalized spacial score (nSPS) is 19.3. The molecule has 12 heteroatoms. The molecular weight excluding hydrogens is 512 g/mol. The number of nitrogens with zero attached hydrogens (tertiary/aromatic N) is 7. The summed E-state index contributed by atoms with van der Waals surface area (Å²) >= 11 is 0. The summed E-state index contributed by atoms with van der Waals surface area (Å²) in [5.41, 5.74) is 1.64. The van der Waals surface area contributed by atoms with Crippen molar-refractivity contribution in [3.8, 4) is 22.9 Å². The van der Waals surface area contributed by atoms with Gasteiger partial charge in [0.05, 0.1) is 28.1 Å². The van der Waals surface area contributed by atoms with Gasteiger partial charge < -0.3 is 0 Å². The van der Waals surface area contributed by atoms with Gasteiger partial charge in [0.15, 0.2) is 21.5 Å². The Morgan fingerprint density at radius 2 is 1.87 bits per heavy atom. The number of halogens is 2. The first-order valence-electron chi connectivity index (χ1n) is 12.4. The van der Waals surface area contributed by atoms with Crippen molar-refractivity contribution in [3.63, 3.8) is 0 Å². The summed E-state index contributed by atoms with van der Waals surface area (Å²) in [7, 11) is -3.37. The topological polar surface area (TPSA) is 116 Å². The zero-order chi connectivity index (χ0) is 27.1. The highest BCUT2D eigenvalue weighted by Crippen LogP contribution is 2.49. The monoisotopic (exact) mass is 539 g/mol. The average molecular weight is 540 g/mol. The highest BCUT2D eigenvalue weighted by Gasteiger charge is 2.43. The van der Waals surface area contributed by atoms with Crippen molar-refractivity contribution in [2.75, 3.05) is 6.26 Å². The van der Waals surface area contributed by atoms with Crippen LogP contribution >= 0.6 is 0 Å². The van der Waals surface area contributed by atoms with Crippen molar-refractivity contribution >= 4 is 9.84 Å². The summed E-state index contributed by atoms with van der Waals surface area (Å²) < 4.78 is 54.1. The Labute approximate surface area is 219 Å². The predicted octanol–water partition coefficient (Wildman–Crippen LogP) is 4.46. The lowest BCUT2D eigenvalue weighted by molar-refractivity contribution is 0.353. The van der Waals surface area contributed by atoms with Gasteiger partial charge in [-0.05, 0) is 61.4 Å². The minimum atomic E-state index is -3.37. The van der Waals surface area contributed by atoms with Gasteiger partial charge in [-0.1, -0.05) is 19.9 Å². The predicted molar refractivity (Wildman–Crippen MR) is 137 cm³/mol. The molecule has 0 aliphatic heterocycles. The largest absolute Gasteiger partial charge is 0.234 e. The van der Waals surface area contributed by atoms with Crippen LogP contribution < -0.4 is 0 Å². The number of rotatable bonds is 7. The molecule has 1 aromatic carbocycles. The minimum absolute atomic E-state index is 0.146. The number of sulfone groups is 1. The molecule has 38 heavy (non-hydrogen) atoms. The Balaban J connectivity index is 1.64. The van der Waals surface area contributed by atoms with Crippen LogP contribution in [0.5, 0.6) is 0 Å². The Kier molecular flexibility index (Phi) is 6.76. The van der Waals surface area contributed by atoms with Gasteiger partial charge in [0.25, 0.3) is 0 Å². The fourth-order valence-corrected chi connectivity index (χ4v) is 5.97. The molecule has 0 spiro atoms. The molecule has 9 nitrogen and oxygen atoms in total. The first-order chi connectivity index (χ1) is 18.2. The number of fused-ring (bicyclic) bond motifs is 1. The van der Waals surface area contributed by atoms with Crippen molar-refractivity contribution in [3.05, 3.63) is 71.4 Å². The second-order valence-corrected chi connectivity index (χ2v) is 11.7. The number of aromatic nitrogens is 7. The van der Waals surface area contributed by atoms with Crippen molar-refractivity contribution in [2.45, 2.75) is 56.7 Å². The molecule has 1 aliphatic rings. The Bertz CT molecular complexity index is 1590. The number of hydrogen-bond acceptors (Lipinski definition) is 8. The Hall–Kier alpha value is -3.67. The van der Waals surface area contributed by atoms with Crippen LogP contribution in [0, 0.1) is 11.6 Å². The van der Waals surface area contributed by atoms with E-state index in [9.17, 15) is 17.2 Å². The molecule has 0 unspecified atom stereocenters. The number of hydrogen-bond donors (Lipinski definition) is 0. The lowest BCUT2D eigenvalue weighted by atomic mass is 9.65. The molecule has 5 rings (SSSR count). The summed E-state index contributed by atoms with van der Waals surface area (Å²) in [6.07, 6.45) is 7.03. The van der Waals surface area contributed by atoms with Gasteiger partial charge in [-0.25, -0.2) is 36.8 Å². The van der Waals surface area contributed by atoms with E-state index in [2.05, 4.69) is 32.2 Å². The molecule has 0 saturated heterocycles. The van der Waals surface area contributed by atoms with Crippen molar-refractivity contribution in [2.24, 2.45) is 0 Å². The maximum atomic E-state index is 14.6.